The molecule has 0 fully saturated rings. The van der Waals surface area contributed by atoms with E-state index >= 15 is 0 Å². The van der Waals surface area contributed by atoms with Crippen molar-refractivity contribution >= 4 is 45.1 Å². The Morgan fingerprint density at radius 2 is 2.20 bits per heavy atom. The lowest BCUT2D eigenvalue weighted by Crippen LogP contribution is -1.92. The van der Waals surface area contributed by atoms with Crippen LogP contribution in [-0.4, -0.2) is 4.98 Å². The number of halogens is 2. The van der Waals surface area contributed by atoms with Crippen molar-refractivity contribution in [2.24, 2.45) is 0 Å². The van der Waals surface area contributed by atoms with Gasteiger partial charge in [-0.1, -0.05) is 37.1 Å². The fourth-order valence-electron chi connectivity index (χ4n) is 1.61. The van der Waals surface area contributed by atoms with Gasteiger partial charge in [0.15, 0.2) is 0 Å². The van der Waals surface area contributed by atoms with E-state index in [0.29, 0.717) is 0 Å². The third-order valence-corrected chi connectivity index (χ3v) is 3.48. The molecular formula is C12H11ClIN. The Morgan fingerprint density at radius 1 is 1.40 bits per heavy atom. The highest BCUT2D eigenvalue weighted by molar-refractivity contribution is 14.1. The molecule has 0 radical (unpaired) electrons. The first-order chi connectivity index (χ1) is 7.22. The molecule has 0 atom stereocenters. The van der Waals surface area contributed by atoms with Crippen LogP contribution in [0.15, 0.2) is 24.3 Å². The summed E-state index contributed by atoms with van der Waals surface area (Å²) in [6, 6.07) is 8.06. The summed E-state index contributed by atoms with van der Waals surface area (Å²) in [6.07, 6.45) is 2.08. The minimum atomic E-state index is 0.807. The van der Waals surface area contributed by atoms with Crippen molar-refractivity contribution in [3.8, 4) is 0 Å². The van der Waals surface area contributed by atoms with Crippen molar-refractivity contribution in [2.45, 2.75) is 19.8 Å². The summed E-state index contributed by atoms with van der Waals surface area (Å²) < 4.78 is 1.16. The largest absolute Gasteiger partial charge is 0.252 e. The molecule has 1 aromatic carbocycles. The highest BCUT2D eigenvalue weighted by atomic mass is 127. The van der Waals surface area contributed by atoms with Gasteiger partial charge in [-0.05, 0) is 41.1 Å². The zero-order valence-electron chi connectivity index (χ0n) is 8.43. The standard InChI is InChI=1S/C12H11ClIN/c1-2-4-8-7-10(13)9-5-3-6-11(14)12(9)15-8/h3,5-7H,2,4H2,1H3. The number of rotatable bonds is 2. The van der Waals surface area contributed by atoms with Crippen LogP contribution < -0.4 is 0 Å². The monoisotopic (exact) mass is 331 g/mol. The molecule has 2 aromatic rings. The lowest BCUT2D eigenvalue weighted by atomic mass is 10.1. The second-order valence-corrected chi connectivity index (χ2v) is 5.05. The molecule has 0 bridgehead atoms. The summed E-state index contributed by atoms with van der Waals surface area (Å²) in [5.41, 5.74) is 2.10. The molecule has 2 rings (SSSR count). The summed E-state index contributed by atoms with van der Waals surface area (Å²) >= 11 is 8.53. The average molecular weight is 332 g/mol. The number of fused-ring (bicyclic) bond motifs is 1. The second kappa shape index (κ2) is 4.66. The van der Waals surface area contributed by atoms with E-state index < -0.39 is 0 Å². The summed E-state index contributed by atoms with van der Waals surface area (Å²) in [5, 5.41) is 1.85. The topological polar surface area (TPSA) is 12.9 Å². The minimum Gasteiger partial charge on any atom is -0.252 e. The fourth-order valence-corrected chi connectivity index (χ4v) is 2.50. The van der Waals surface area contributed by atoms with Gasteiger partial charge in [-0.15, -0.1) is 0 Å². The number of benzene rings is 1. The van der Waals surface area contributed by atoms with Crippen LogP contribution in [0, 0.1) is 3.57 Å². The lowest BCUT2D eigenvalue weighted by molar-refractivity contribution is 0.889. The molecule has 1 aromatic heterocycles. The Kier molecular flexibility index (Phi) is 3.46. The molecule has 15 heavy (non-hydrogen) atoms. The van der Waals surface area contributed by atoms with E-state index in [2.05, 4.69) is 40.6 Å². The SMILES string of the molecule is CCCc1cc(Cl)c2cccc(I)c2n1. The van der Waals surface area contributed by atoms with Crippen LogP contribution >= 0.6 is 34.2 Å². The lowest BCUT2D eigenvalue weighted by Gasteiger charge is -2.05. The molecule has 3 heteroatoms. The van der Waals surface area contributed by atoms with E-state index in [-0.39, 0.29) is 0 Å². The summed E-state index contributed by atoms with van der Waals surface area (Å²) in [5.74, 6) is 0. The van der Waals surface area contributed by atoms with Gasteiger partial charge in [0.05, 0.1) is 10.5 Å². The second-order valence-electron chi connectivity index (χ2n) is 3.48. The van der Waals surface area contributed by atoms with E-state index in [1.165, 1.54) is 0 Å². The Balaban J connectivity index is 2.68. The molecule has 0 spiro atoms. The van der Waals surface area contributed by atoms with E-state index in [9.17, 15) is 0 Å². The van der Waals surface area contributed by atoms with Gasteiger partial charge in [-0.2, -0.15) is 0 Å². The van der Waals surface area contributed by atoms with E-state index in [1.807, 2.05) is 18.2 Å². The maximum atomic E-state index is 6.23. The molecule has 0 amide bonds. The van der Waals surface area contributed by atoms with Crippen LogP contribution in [0.2, 0.25) is 5.02 Å². The Bertz CT molecular complexity index is 496. The molecule has 0 aliphatic heterocycles. The molecule has 0 saturated heterocycles. The molecule has 78 valence electrons. The molecule has 1 heterocycles. The van der Waals surface area contributed by atoms with Crippen LogP contribution in [0.25, 0.3) is 10.9 Å². The van der Waals surface area contributed by atoms with Crippen molar-refractivity contribution in [2.75, 3.05) is 0 Å². The number of nitrogens with zero attached hydrogens (tertiary/aromatic N) is 1. The number of hydrogen-bond donors (Lipinski definition) is 0. The summed E-state index contributed by atoms with van der Waals surface area (Å²) in [4.78, 5) is 4.63. The first kappa shape index (κ1) is 11.1. The van der Waals surface area contributed by atoms with Crippen molar-refractivity contribution in [1.29, 1.82) is 0 Å². The van der Waals surface area contributed by atoms with Crippen LogP contribution in [0.4, 0.5) is 0 Å². The van der Waals surface area contributed by atoms with Gasteiger partial charge in [0.25, 0.3) is 0 Å². The summed E-state index contributed by atoms with van der Waals surface area (Å²) in [7, 11) is 0. The first-order valence-electron chi connectivity index (χ1n) is 4.96. The predicted octanol–water partition coefficient (Wildman–Crippen LogP) is 4.45. The van der Waals surface area contributed by atoms with Gasteiger partial charge in [0.2, 0.25) is 0 Å². The van der Waals surface area contributed by atoms with Gasteiger partial charge >= 0.3 is 0 Å². The highest BCUT2D eigenvalue weighted by Crippen LogP contribution is 2.26. The van der Waals surface area contributed by atoms with E-state index in [0.717, 1.165) is 38.0 Å². The molecule has 1 nitrogen and oxygen atoms in total. The Labute approximate surface area is 108 Å². The minimum absolute atomic E-state index is 0.807. The maximum absolute atomic E-state index is 6.23. The zero-order chi connectivity index (χ0) is 10.8. The smallest absolute Gasteiger partial charge is 0.0853 e. The molecular weight excluding hydrogens is 320 g/mol. The van der Waals surface area contributed by atoms with Gasteiger partial charge in [-0.3, -0.25) is 4.98 Å². The quantitative estimate of drug-likeness (QED) is 0.741. The molecule has 0 N–H and O–H groups in total. The number of pyridine rings is 1. The molecule has 0 saturated carbocycles. The predicted molar refractivity (Wildman–Crippen MR) is 73.5 cm³/mol. The van der Waals surface area contributed by atoms with E-state index in [1.54, 1.807) is 0 Å². The van der Waals surface area contributed by atoms with Gasteiger partial charge in [0, 0.05) is 14.7 Å². The fraction of sp³-hybridized carbons (Fsp3) is 0.250. The van der Waals surface area contributed by atoms with Crippen molar-refractivity contribution in [3.05, 3.63) is 38.6 Å². The van der Waals surface area contributed by atoms with Crippen LogP contribution in [0.5, 0.6) is 0 Å². The zero-order valence-corrected chi connectivity index (χ0v) is 11.3. The number of aryl methyl sites for hydroxylation is 1. The summed E-state index contributed by atoms with van der Waals surface area (Å²) in [6.45, 7) is 2.15. The third-order valence-electron chi connectivity index (χ3n) is 2.30. The van der Waals surface area contributed by atoms with Gasteiger partial charge in [-0.25, -0.2) is 0 Å². The molecule has 0 aliphatic carbocycles. The highest BCUT2D eigenvalue weighted by Gasteiger charge is 2.05. The van der Waals surface area contributed by atoms with Crippen LogP contribution in [0.3, 0.4) is 0 Å². The van der Waals surface area contributed by atoms with Crippen molar-refractivity contribution in [3.63, 3.8) is 0 Å². The first-order valence-corrected chi connectivity index (χ1v) is 6.41. The van der Waals surface area contributed by atoms with Crippen LogP contribution in [0.1, 0.15) is 19.0 Å². The molecule has 0 unspecified atom stereocenters. The van der Waals surface area contributed by atoms with Gasteiger partial charge in [0.1, 0.15) is 0 Å². The Morgan fingerprint density at radius 3 is 2.93 bits per heavy atom. The average Bonchev–Trinajstić information content (AvgIpc) is 2.20. The Hall–Kier alpha value is -0.350. The number of para-hydroxylation sites is 1. The van der Waals surface area contributed by atoms with Crippen LogP contribution in [-0.2, 0) is 6.42 Å². The normalized spacial score (nSPS) is 10.9. The maximum Gasteiger partial charge on any atom is 0.0853 e. The number of hydrogen-bond acceptors (Lipinski definition) is 1. The third kappa shape index (κ3) is 2.26. The number of aromatic nitrogens is 1. The van der Waals surface area contributed by atoms with Crippen molar-refractivity contribution in [1.82, 2.24) is 4.98 Å². The van der Waals surface area contributed by atoms with E-state index in [4.69, 9.17) is 11.6 Å². The van der Waals surface area contributed by atoms with Crippen molar-refractivity contribution < 1.29 is 0 Å². The van der Waals surface area contributed by atoms with Gasteiger partial charge < -0.3 is 0 Å². The molecule has 0 aliphatic rings.